The van der Waals surface area contributed by atoms with Crippen molar-refractivity contribution in [3.05, 3.63) is 29.8 Å². The van der Waals surface area contributed by atoms with Gasteiger partial charge in [0.1, 0.15) is 5.75 Å². The molecule has 1 aromatic rings. The Morgan fingerprint density at radius 3 is 2.04 bits per heavy atom. The van der Waals surface area contributed by atoms with Gasteiger partial charge >= 0.3 is 5.97 Å². The molecule has 0 aliphatic rings. The lowest BCUT2D eigenvalue weighted by atomic mass is 10.1. The number of hydrogen-bond acceptors (Lipinski definition) is 3. The molecule has 0 aliphatic carbocycles. The highest BCUT2D eigenvalue weighted by atomic mass is 16.5. The number of ether oxygens (including phenoxy) is 2. The fraction of sp³-hybridized carbons (Fsp3) is 0.696. The zero-order valence-corrected chi connectivity index (χ0v) is 18.1. The summed E-state index contributed by atoms with van der Waals surface area (Å²) in [6, 6.07) is 8.16. The van der Waals surface area contributed by atoms with Gasteiger partial charge in [0.25, 0.3) is 0 Å². The van der Waals surface area contributed by atoms with E-state index in [0.717, 1.165) is 44.5 Å². The van der Waals surface area contributed by atoms with Crippen LogP contribution in [0.1, 0.15) is 63.9 Å². The quantitative estimate of drug-likeness (QED) is 0.256. The average Bonchev–Trinajstić information content (AvgIpc) is 2.61. The molecule has 0 N–H and O–H groups in total. The first-order valence-corrected chi connectivity index (χ1v) is 10.5. The number of aryl methyl sites for hydroxylation is 1. The van der Waals surface area contributed by atoms with Gasteiger partial charge in [0.05, 0.1) is 34.4 Å². The van der Waals surface area contributed by atoms with Crippen molar-refractivity contribution in [2.45, 2.75) is 71.3 Å². The van der Waals surface area contributed by atoms with Gasteiger partial charge in [0, 0.05) is 6.42 Å². The fourth-order valence-electron chi connectivity index (χ4n) is 3.10. The normalized spacial score (nSPS) is 12.6. The van der Waals surface area contributed by atoms with Crippen LogP contribution < -0.4 is 4.74 Å². The van der Waals surface area contributed by atoms with Gasteiger partial charge in [0.15, 0.2) is 6.04 Å². The number of esters is 1. The molecule has 1 atom stereocenters. The largest absolute Gasteiger partial charge is 0.494 e. The molecule has 0 radical (unpaired) electrons. The zero-order chi connectivity index (χ0) is 20.1. The average molecular weight is 379 g/mol. The molecule has 0 saturated carbocycles. The summed E-state index contributed by atoms with van der Waals surface area (Å²) in [7, 11) is 6.18. The highest BCUT2D eigenvalue weighted by molar-refractivity contribution is 5.74. The first kappa shape index (κ1) is 23.5. The Morgan fingerprint density at radius 2 is 1.48 bits per heavy atom. The molecule has 0 aliphatic heterocycles. The monoisotopic (exact) mass is 378 g/mol. The minimum Gasteiger partial charge on any atom is -0.494 e. The minimum atomic E-state index is -0.0523. The third-order valence-corrected chi connectivity index (χ3v) is 4.84. The van der Waals surface area contributed by atoms with Crippen LogP contribution in [0.5, 0.6) is 5.75 Å². The smallest absolute Gasteiger partial charge is 0.364 e. The molecule has 1 unspecified atom stereocenters. The highest BCUT2D eigenvalue weighted by Gasteiger charge is 2.31. The first-order valence-electron chi connectivity index (χ1n) is 10.5. The molecule has 4 heteroatoms. The van der Waals surface area contributed by atoms with Crippen LogP contribution in [0.2, 0.25) is 0 Å². The van der Waals surface area contributed by atoms with E-state index < -0.39 is 0 Å². The topological polar surface area (TPSA) is 35.5 Å². The van der Waals surface area contributed by atoms with E-state index in [4.69, 9.17) is 9.47 Å². The van der Waals surface area contributed by atoms with Gasteiger partial charge in [0.2, 0.25) is 0 Å². The lowest BCUT2D eigenvalue weighted by Gasteiger charge is -2.32. The maximum atomic E-state index is 12.3. The predicted molar refractivity (Wildman–Crippen MR) is 112 cm³/mol. The van der Waals surface area contributed by atoms with Crippen molar-refractivity contribution in [1.29, 1.82) is 0 Å². The summed E-state index contributed by atoms with van der Waals surface area (Å²) in [6.07, 6.45) is 8.64. The molecule has 0 saturated heterocycles. The molecular weight excluding hydrogens is 338 g/mol. The Balaban J connectivity index is 2.00. The second kappa shape index (κ2) is 12.8. The summed E-state index contributed by atoms with van der Waals surface area (Å²) >= 11 is 0. The Hall–Kier alpha value is -1.55. The number of hydrogen-bond donors (Lipinski definition) is 0. The van der Waals surface area contributed by atoms with Crippen molar-refractivity contribution in [2.75, 3.05) is 34.4 Å². The van der Waals surface area contributed by atoms with Crippen LogP contribution >= 0.6 is 0 Å². The van der Waals surface area contributed by atoms with E-state index >= 15 is 0 Å². The SMILES string of the molecule is CCCC(C(=O)OCCCCCCCCOc1ccc(C)cc1)[N+](C)(C)C. The van der Waals surface area contributed by atoms with Crippen molar-refractivity contribution in [3.8, 4) is 5.75 Å². The third kappa shape index (κ3) is 10.4. The predicted octanol–water partition coefficient (Wildman–Crippen LogP) is 5.13. The van der Waals surface area contributed by atoms with E-state index in [0.29, 0.717) is 11.1 Å². The van der Waals surface area contributed by atoms with Crippen molar-refractivity contribution < 1.29 is 18.8 Å². The minimum absolute atomic E-state index is 0.0439. The molecule has 27 heavy (non-hydrogen) atoms. The highest BCUT2D eigenvalue weighted by Crippen LogP contribution is 2.14. The Kier molecular flexibility index (Phi) is 11.1. The van der Waals surface area contributed by atoms with Gasteiger partial charge < -0.3 is 14.0 Å². The van der Waals surface area contributed by atoms with E-state index in [-0.39, 0.29) is 12.0 Å². The van der Waals surface area contributed by atoms with E-state index in [9.17, 15) is 4.79 Å². The molecule has 4 nitrogen and oxygen atoms in total. The van der Waals surface area contributed by atoms with E-state index in [2.05, 4.69) is 47.1 Å². The molecule has 0 aromatic heterocycles. The number of nitrogens with zero attached hydrogens (tertiary/aromatic N) is 1. The maximum absolute atomic E-state index is 12.3. The summed E-state index contributed by atoms with van der Waals surface area (Å²) in [6.45, 7) is 5.53. The standard InChI is InChI=1S/C23H40NO3/c1-6-13-22(24(3,4)5)23(25)27-19-12-10-8-7-9-11-18-26-21-16-14-20(2)15-17-21/h14-17,22H,6-13,18-19H2,1-5H3/q+1. The number of unbranched alkanes of at least 4 members (excludes halogenated alkanes) is 5. The summed E-state index contributed by atoms with van der Waals surface area (Å²) in [4.78, 5) is 12.3. The van der Waals surface area contributed by atoms with Crippen LogP contribution in [0.25, 0.3) is 0 Å². The van der Waals surface area contributed by atoms with Gasteiger partial charge in [-0.2, -0.15) is 0 Å². The van der Waals surface area contributed by atoms with Crippen LogP contribution in [0.4, 0.5) is 0 Å². The van der Waals surface area contributed by atoms with Gasteiger partial charge in [-0.25, -0.2) is 4.79 Å². The lowest BCUT2D eigenvalue weighted by molar-refractivity contribution is -0.887. The number of carbonyl (C=O) groups excluding carboxylic acids is 1. The molecule has 0 bridgehead atoms. The summed E-state index contributed by atoms with van der Waals surface area (Å²) < 4.78 is 11.9. The van der Waals surface area contributed by atoms with Crippen molar-refractivity contribution in [3.63, 3.8) is 0 Å². The molecule has 1 aromatic carbocycles. The van der Waals surface area contributed by atoms with E-state index in [1.165, 1.54) is 24.8 Å². The maximum Gasteiger partial charge on any atom is 0.364 e. The summed E-state index contributed by atoms with van der Waals surface area (Å²) in [5.41, 5.74) is 1.26. The fourth-order valence-corrected chi connectivity index (χ4v) is 3.10. The molecular formula is C23H40NO3+. The van der Waals surface area contributed by atoms with E-state index in [1.807, 2.05) is 12.1 Å². The second-order valence-corrected chi connectivity index (χ2v) is 8.37. The molecule has 0 fully saturated rings. The molecule has 0 spiro atoms. The van der Waals surface area contributed by atoms with Gasteiger partial charge in [-0.05, 0) is 38.3 Å². The number of benzene rings is 1. The molecule has 1 rings (SSSR count). The Morgan fingerprint density at radius 1 is 0.926 bits per heavy atom. The van der Waals surface area contributed by atoms with Crippen LogP contribution in [0, 0.1) is 6.92 Å². The summed E-state index contributed by atoms with van der Waals surface area (Å²) in [5, 5.41) is 0. The van der Waals surface area contributed by atoms with Crippen molar-refractivity contribution in [2.24, 2.45) is 0 Å². The van der Waals surface area contributed by atoms with Crippen LogP contribution in [-0.2, 0) is 9.53 Å². The van der Waals surface area contributed by atoms with Crippen LogP contribution in [0.15, 0.2) is 24.3 Å². The Bertz CT molecular complexity index is 519. The van der Waals surface area contributed by atoms with Crippen molar-refractivity contribution >= 4 is 5.97 Å². The first-order chi connectivity index (χ1) is 12.8. The van der Waals surface area contributed by atoms with Gasteiger partial charge in [-0.3, -0.25) is 0 Å². The second-order valence-electron chi connectivity index (χ2n) is 8.37. The molecule has 0 heterocycles. The number of carbonyl (C=O) groups is 1. The third-order valence-electron chi connectivity index (χ3n) is 4.84. The number of rotatable bonds is 14. The molecule has 154 valence electrons. The summed E-state index contributed by atoms with van der Waals surface area (Å²) in [5.74, 6) is 0.912. The molecule has 0 amide bonds. The number of quaternary nitrogens is 1. The van der Waals surface area contributed by atoms with Gasteiger partial charge in [-0.1, -0.05) is 50.3 Å². The van der Waals surface area contributed by atoms with Crippen molar-refractivity contribution in [1.82, 2.24) is 0 Å². The van der Waals surface area contributed by atoms with Crippen LogP contribution in [-0.4, -0.2) is 50.9 Å². The number of likely N-dealkylation sites (N-methyl/N-ethyl adjacent to an activating group) is 1. The van der Waals surface area contributed by atoms with E-state index in [1.54, 1.807) is 0 Å². The zero-order valence-electron chi connectivity index (χ0n) is 18.1. The van der Waals surface area contributed by atoms with Gasteiger partial charge in [-0.15, -0.1) is 0 Å². The lowest BCUT2D eigenvalue weighted by Crippen LogP contribution is -2.50. The van der Waals surface area contributed by atoms with Crippen LogP contribution in [0.3, 0.4) is 0 Å². The Labute approximate surface area is 166 Å².